The molecule has 0 aliphatic heterocycles. The van der Waals surface area contributed by atoms with E-state index >= 15 is 0 Å². The van der Waals surface area contributed by atoms with E-state index in [-0.39, 0.29) is 12.5 Å². The van der Waals surface area contributed by atoms with Crippen molar-refractivity contribution >= 4 is 23.0 Å². The Hall–Kier alpha value is -3.86. The Morgan fingerprint density at radius 1 is 1.03 bits per heavy atom. The fourth-order valence-electron chi connectivity index (χ4n) is 3.77. The number of nitrogens with zero attached hydrogens (tertiary/aromatic N) is 2. The first-order valence-corrected chi connectivity index (χ1v) is 11.3. The molecule has 0 aliphatic carbocycles. The van der Waals surface area contributed by atoms with Gasteiger partial charge in [-0.1, -0.05) is 74.5 Å². The Kier molecular flexibility index (Phi) is 7.20. The summed E-state index contributed by atoms with van der Waals surface area (Å²) in [4.78, 5) is 12.2. The molecule has 0 saturated carbocycles. The van der Waals surface area contributed by atoms with E-state index in [0.717, 1.165) is 29.4 Å². The topological polar surface area (TPSA) is 55.6 Å². The van der Waals surface area contributed by atoms with Crippen molar-refractivity contribution in [2.75, 3.05) is 6.61 Å². The molecule has 3 aromatic carbocycles. The van der Waals surface area contributed by atoms with Crippen LogP contribution in [-0.2, 0) is 11.3 Å². The lowest BCUT2D eigenvalue weighted by atomic mass is 9.99. The zero-order chi connectivity index (χ0) is 23.0. The molecule has 0 saturated heterocycles. The van der Waals surface area contributed by atoms with E-state index in [9.17, 15) is 4.79 Å². The Morgan fingerprint density at radius 3 is 2.52 bits per heavy atom. The molecule has 1 aromatic heterocycles. The summed E-state index contributed by atoms with van der Waals surface area (Å²) in [5, 5.41) is 5.24. The molecule has 1 heterocycles. The van der Waals surface area contributed by atoms with Gasteiger partial charge in [0.15, 0.2) is 6.61 Å². The molecule has 0 aliphatic rings. The molecule has 1 N–H and O–H groups in total. The Balaban J connectivity index is 1.37. The van der Waals surface area contributed by atoms with Gasteiger partial charge in [-0.05, 0) is 41.7 Å². The van der Waals surface area contributed by atoms with E-state index < -0.39 is 0 Å². The van der Waals surface area contributed by atoms with E-state index in [1.807, 2.05) is 54.6 Å². The zero-order valence-electron chi connectivity index (χ0n) is 19.1. The second-order valence-corrected chi connectivity index (χ2v) is 8.18. The van der Waals surface area contributed by atoms with Crippen LogP contribution in [-0.4, -0.2) is 23.3 Å². The third-order valence-corrected chi connectivity index (χ3v) is 5.84. The van der Waals surface area contributed by atoms with Gasteiger partial charge >= 0.3 is 0 Å². The van der Waals surface area contributed by atoms with Gasteiger partial charge in [0.1, 0.15) is 5.75 Å². The van der Waals surface area contributed by atoms with Gasteiger partial charge in [0, 0.05) is 29.2 Å². The van der Waals surface area contributed by atoms with Crippen molar-refractivity contribution < 1.29 is 9.53 Å². The normalized spacial score (nSPS) is 12.2. The van der Waals surface area contributed by atoms with Gasteiger partial charge in [-0.15, -0.1) is 0 Å². The summed E-state index contributed by atoms with van der Waals surface area (Å²) in [5.41, 5.74) is 7.13. The van der Waals surface area contributed by atoms with Gasteiger partial charge in [-0.2, -0.15) is 5.10 Å². The molecule has 0 fully saturated rings. The van der Waals surface area contributed by atoms with Gasteiger partial charge in [0.25, 0.3) is 5.91 Å². The lowest BCUT2D eigenvalue weighted by Crippen LogP contribution is -2.24. The minimum Gasteiger partial charge on any atom is -0.484 e. The Labute approximate surface area is 194 Å². The number of amides is 1. The number of nitrogens with one attached hydrogen (secondary N) is 1. The third-order valence-electron chi connectivity index (χ3n) is 5.84. The number of aromatic nitrogens is 1. The third kappa shape index (κ3) is 5.69. The van der Waals surface area contributed by atoms with Crippen molar-refractivity contribution in [2.45, 2.75) is 32.7 Å². The number of para-hydroxylation sites is 1. The van der Waals surface area contributed by atoms with Crippen LogP contribution in [0.4, 0.5) is 0 Å². The molecule has 0 bridgehead atoms. The number of rotatable bonds is 9. The molecular formula is C28H29N3O2. The summed E-state index contributed by atoms with van der Waals surface area (Å²) in [6, 6.07) is 26.4. The molecule has 5 nitrogen and oxygen atoms in total. The zero-order valence-corrected chi connectivity index (χ0v) is 19.1. The fourth-order valence-corrected chi connectivity index (χ4v) is 3.77. The predicted molar refractivity (Wildman–Crippen MR) is 134 cm³/mol. The van der Waals surface area contributed by atoms with Crippen LogP contribution in [0.3, 0.4) is 0 Å². The maximum Gasteiger partial charge on any atom is 0.277 e. The maximum atomic E-state index is 12.2. The van der Waals surface area contributed by atoms with Crippen LogP contribution in [0.1, 0.15) is 42.9 Å². The summed E-state index contributed by atoms with van der Waals surface area (Å²) >= 11 is 0. The molecule has 4 aromatic rings. The van der Waals surface area contributed by atoms with Crippen molar-refractivity contribution in [1.82, 2.24) is 9.99 Å². The minimum absolute atomic E-state index is 0.0875. The van der Waals surface area contributed by atoms with Gasteiger partial charge < -0.3 is 9.30 Å². The number of carbonyl (C=O) groups is 1. The molecule has 1 amide bonds. The number of fused-ring (bicyclic) bond motifs is 1. The summed E-state index contributed by atoms with van der Waals surface area (Å²) < 4.78 is 7.78. The number of hydrogen-bond acceptors (Lipinski definition) is 3. The SMILES string of the molecule is CCC(C)c1ccc(OCC(=O)N/N=C/c2cn(Cc3ccccc3)c3ccccc23)cc1. The van der Waals surface area contributed by atoms with Gasteiger partial charge in [0.2, 0.25) is 0 Å². The van der Waals surface area contributed by atoms with Crippen LogP contribution < -0.4 is 10.2 Å². The standard InChI is InChI=1S/C28H29N3O2/c1-3-21(2)23-13-15-25(16-14-23)33-20-28(32)30-29-17-24-19-31(18-22-9-5-4-6-10-22)27-12-8-7-11-26(24)27/h4-17,19,21H,3,18,20H2,1-2H3,(H,30,32)/b29-17+. The van der Waals surface area contributed by atoms with Crippen LogP contribution >= 0.6 is 0 Å². The highest BCUT2D eigenvalue weighted by atomic mass is 16.5. The van der Waals surface area contributed by atoms with E-state index in [4.69, 9.17) is 4.74 Å². The summed E-state index contributed by atoms with van der Waals surface area (Å²) in [6.45, 7) is 5.04. The van der Waals surface area contributed by atoms with Crippen molar-refractivity contribution in [1.29, 1.82) is 0 Å². The van der Waals surface area contributed by atoms with Crippen molar-refractivity contribution in [3.63, 3.8) is 0 Å². The highest BCUT2D eigenvalue weighted by molar-refractivity contribution is 5.99. The van der Waals surface area contributed by atoms with E-state index in [0.29, 0.717) is 11.7 Å². The molecule has 5 heteroatoms. The number of benzene rings is 3. The first kappa shape index (κ1) is 22.3. The average molecular weight is 440 g/mol. The monoisotopic (exact) mass is 439 g/mol. The lowest BCUT2D eigenvalue weighted by Gasteiger charge is -2.10. The number of carbonyl (C=O) groups excluding carboxylic acids is 1. The number of hydrogen-bond donors (Lipinski definition) is 1. The first-order valence-electron chi connectivity index (χ1n) is 11.3. The molecule has 1 unspecified atom stereocenters. The Morgan fingerprint density at radius 2 is 1.76 bits per heavy atom. The molecule has 0 radical (unpaired) electrons. The predicted octanol–water partition coefficient (Wildman–Crippen LogP) is 5.73. The lowest BCUT2D eigenvalue weighted by molar-refractivity contribution is -0.123. The van der Waals surface area contributed by atoms with Gasteiger partial charge in [-0.3, -0.25) is 4.79 Å². The summed E-state index contributed by atoms with van der Waals surface area (Å²) in [5.74, 6) is 0.880. The molecule has 0 spiro atoms. The second-order valence-electron chi connectivity index (χ2n) is 8.18. The van der Waals surface area contributed by atoms with Gasteiger partial charge in [-0.25, -0.2) is 5.43 Å². The first-order chi connectivity index (χ1) is 16.1. The Bertz CT molecular complexity index is 1230. The van der Waals surface area contributed by atoms with E-state index in [1.165, 1.54) is 11.1 Å². The van der Waals surface area contributed by atoms with Crippen molar-refractivity contribution in [2.24, 2.45) is 5.10 Å². The summed E-state index contributed by atoms with van der Waals surface area (Å²) in [7, 11) is 0. The van der Waals surface area contributed by atoms with Crippen LogP contribution in [0.5, 0.6) is 5.75 Å². The van der Waals surface area contributed by atoms with Crippen molar-refractivity contribution in [3.05, 3.63) is 102 Å². The van der Waals surface area contributed by atoms with Crippen LogP contribution in [0.15, 0.2) is 90.2 Å². The minimum atomic E-state index is -0.301. The second kappa shape index (κ2) is 10.6. The van der Waals surface area contributed by atoms with E-state index in [2.05, 4.69) is 59.4 Å². The number of hydrazone groups is 1. The van der Waals surface area contributed by atoms with Crippen LogP contribution in [0.25, 0.3) is 10.9 Å². The maximum absolute atomic E-state index is 12.2. The smallest absolute Gasteiger partial charge is 0.277 e. The highest BCUT2D eigenvalue weighted by Gasteiger charge is 2.08. The van der Waals surface area contributed by atoms with E-state index in [1.54, 1.807) is 6.21 Å². The quantitative estimate of drug-likeness (QED) is 0.267. The highest BCUT2D eigenvalue weighted by Crippen LogP contribution is 2.22. The molecule has 1 atom stereocenters. The van der Waals surface area contributed by atoms with Gasteiger partial charge in [0.05, 0.1) is 6.21 Å². The van der Waals surface area contributed by atoms with Crippen LogP contribution in [0.2, 0.25) is 0 Å². The van der Waals surface area contributed by atoms with Crippen molar-refractivity contribution in [3.8, 4) is 5.75 Å². The number of ether oxygens (including phenoxy) is 1. The molecule has 33 heavy (non-hydrogen) atoms. The average Bonchev–Trinajstić information content (AvgIpc) is 3.20. The molecule has 168 valence electrons. The fraction of sp³-hybridized carbons (Fsp3) is 0.214. The largest absolute Gasteiger partial charge is 0.484 e. The summed E-state index contributed by atoms with van der Waals surface area (Å²) in [6.07, 6.45) is 4.83. The molecule has 4 rings (SSSR count). The molecular weight excluding hydrogens is 410 g/mol. The van der Waals surface area contributed by atoms with Crippen LogP contribution in [0, 0.1) is 0 Å².